The molecule has 4 heteroatoms. The Hall–Kier alpha value is -1.81. The number of anilines is 1. The van der Waals surface area contributed by atoms with E-state index in [1.54, 1.807) is 0 Å². The lowest BCUT2D eigenvalue weighted by molar-refractivity contribution is 0.273. The van der Waals surface area contributed by atoms with E-state index in [1.807, 2.05) is 19.9 Å². The first-order chi connectivity index (χ1) is 8.63. The second-order valence-corrected chi connectivity index (χ2v) is 4.98. The lowest BCUT2D eigenvalue weighted by Crippen LogP contribution is -2.16. The molecule has 3 rings (SSSR count). The van der Waals surface area contributed by atoms with Crippen molar-refractivity contribution in [2.24, 2.45) is 0 Å². The number of benzene rings is 1. The van der Waals surface area contributed by atoms with Crippen molar-refractivity contribution in [2.75, 3.05) is 5.73 Å². The molecule has 2 heterocycles. The predicted molar refractivity (Wildman–Crippen MR) is 69.8 cm³/mol. The summed E-state index contributed by atoms with van der Waals surface area (Å²) in [5.74, 6) is 0.919. The van der Waals surface area contributed by atoms with Crippen molar-refractivity contribution in [2.45, 2.75) is 33.5 Å². The molecule has 0 bridgehead atoms. The fraction of sp³-hybridized carbons (Fsp3) is 0.357. The normalized spacial score (nSPS) is 15.0. The first-order valence-corrected chi connectivity index (χ1v) is 6.15. The quantitative estimate of drug-likeness (QED) is 0.823. The molecule has 94 valence electrons. The van der Waals surface area contributed by atoms with Crippen LogP contribution < -0.4 is 5.73 Å². The number of hydrogen-bond donors (Lipinski definition) is 1. The zero-order valence-corrected chi connectivity index (χ0v) is 10.7. The van der Waals surface area contributed by atoms with Gasteiger partial charge in [0.05, 0.1) is 5.69 Å². The van der Waals surface area contributed by atoms with Crippen LogP contribution in [0.2, 0.25) is 0 Å². The van der Waals surface area contributed by atoms with Crippen molar-refractivity contribution >= 4 is 5.69 Å². The number of nitrogens with zero attached hydrogens (tertiary/aromatic N) is 2. The van der Waals surface area contributed by atoms with E-state index in [2.05, 4.69) is 22.2 Å². The van der Waals surface area contributed by atoms with Crippen LogP contribution >= 0.6 is 0 Å². The van der Waals surface area contributed by atoms with Gasteiger partial charge in [0.2, 0.25) is 0 Å². The molecule has 2 aromatic rings. The monoisotopic (exact) mass is 243 g/mol. The van der Waals surface area contributed by atoms with Gasteiger partial charge in [0.1, 0.15) is 5.76 Å². The number of rotatable bonds is 2. The van der Waals surface area contributed by atoms with E-state index < -0.39 is 0 Å². The van der Waals surface area contributed by atoms with Crippen LogP contribution in [-0.4, -0.2) is 10.1 Å². The maximum absolute atomic E-state index is 5.82. The summed E-state index contributed by atoms with van der Waals surface area (Å²) in [5, 5.41) is 4.00. The van der Waals surface area contributed by atoms with E-state index >= 15 is 0 Å². The van der Waals surface area contributed by atoms with Crippen LogP contribution in [0, 0.1) is 13.8 Å². The lowest BCUT2D eigenvalue weighted by atomic mass is 10.1. The van der Waals surface area contributed by atoms with E-state index in [1.165, 1.54) is 16.7 Å². The molecule has 0 saturated carbocycles. The van der Waals surface area contributed by atoms with Gasteiger partial charge >= 0.3 is 0 Å². The van der Waals surface area contributed by atoms with Crippen molar-refractivity contribution < 1.29 is 4.52 Å². The molecule has 0 unspecified atom stereocenters. The van der Waals surface area contributed by atoms with E-state index in [-0.39, 0.29) is 0 Å². The molecule has 1 aromatic heterocycles. The van der Waals surface area contributed by atoms with Gasteiger partial charge in [-0.3, -0.25) is 4.90 Å². The SMILES string of the molecule is Cc1noc(C)c1CN1Cc2ccc(N)cc2C1. The molecule has 0 saturated heterocycles. The number of nitrogen functional groups attached to an aromatic ring is 1. The number of fused-ring (bicyclic) bond motifs is 1. The molecule has 0 fully saturated rings. The number of aromatic nitrogens is 1. The van der Waals surface area contributed by atoms with Crippen LogP contribution in [0.15, 0.2) is 22.7 Å². The summed E-state index contributed by atoms with van der Waals surface area (Å²) in [6, 6.07) is 6.17. The standard InChI is InChI=1S/C14H17N3O/c1-9-14(10(2)18-16-9)8-17-6-11-3-4-13(15)5-12(11)7-17/h3-5H,6-8,15H2,1-2H3. The summed E-state index contributed by atoms with van der Waals surface area (Å²) < 4.78 is 5.21. The third-order valence-electron chi connectivity index (χ3n) is 3.58. The highest BCUT2D eigenvalue weighted by Crippen LogP contribution is 2.27. The highest BCUT2D eigenvalue weighted by molar-refractivity contribution is 5.46. The van der Waals surface area contributed by atoms with E-state index in [0.29, 0.717) is 0 Å². The van der Waals surface area contributed by atoms with Gasteiger partial charge in [-0.1, -0.05) is 11.2 Å². The van der Waals surface area contributed by atoms with E-state index in [0.717, 1.165) is 36.8 Å². The highest BCUT2D eigenvalue weighted by atomic mass is 16.5. The fourth-order valence-corrected chi connectivity index (χ4v) is 2.55. The van der Waals surface area contributed by atoms with Crippen molar-refractivity contribution in [1.82, 2.24) is 10.1 Å². The smallest absolute Gasteiger partial charge is 0.138 e. The molecule has 4 nitrogen and oxygen atoms in total. The van der Waals surface area contributed by atoms with Gasteiger partial charge in [-0.05, 0) is 37.1 Å². The molecular weight excluding hydrogens is 226 g/mol. The summed E-state index contributed by atoms with van der Waals surface area (Å²) in [6.45, 7) is 6.77. The second-order valence-electron chi connectivity index (χ2n) is 4.98. The highest BCUT2D eigenvalue weighted by Gasteiger charge is 2.21. The largest absolute Gasteiger partial charge is 0.399 e. The Morgan fingerprint density at radius 1 is 1.28 bits per heavy atom. The average molecular weight is 243 g/mol. The van der Waals surface area contributed by atoms with Crippen LogP contribution in [0.1, 0.15) is 28.1 Å². The minimum Gasteiger partial charge on any atom is -0.399 e. The van der Waals surface area contributed by atoms with Gasteiger partial charge in [-0.25, -0.2) is 0 Å². The molecule has 1 aliphatic heterocycles. The summed E-state index contributed by atoms with van der Waals surface area (Å²) in [4.78, 5) is 2.39. The summed E-state index contributed by atoms with van der Waals surface area (Å²) in [7, 11) is 0. The van der Waals surface area contributed by atoms with Crippen LogP contribution in [0.3, 0.4) is 0 Å². The van der Waals surface area contributed by atoms with Crippen LogP contribution in [0.4, 0.5) is 5.69 Å². The fourth-order valence-electron chi connectivity index (χ4n) is 2.55. The Morgan fingerprint density at radius 3 is 2.78 bits per heavy atom. The summed E-state index contributed by atoms with van der Waals surface area (Å²) in [5.41, 5.74) is 11.6. The number of nitrogens with two attached hydrogens (primary N) is 1. The maximum Gasteiger partial charge on any atom is 0.138 e. The van der Waals surface area contributed by atoms with Gasteiger partial charge in [0, 0.05) is 30.9 Å². The molecule has 1 aromatic carbocycles. The van der Waals surface area contributed by atoms with Gasteiger partial charge in [0.25, 0.3) is 0 Å². The lowest BCUT2D eigenvalue weighted by Gasteiger charge is -2.14. The second kappa shape index (κ2) is 4.14. The number of aryl methyl sites for hydroxylation is 2. The molecule has 0 spiro atoms. The maximum atomic E-state index is 5.82. The van der Waals surface area contributed by atoms with Crippen molar-refractivity contribution in [3.63, 3.8) is 0 Å². The van der Waals surface area contributed by atoms with Crippen LogP contribution in [0.5, 0.6) is 0 Å². The topological polar surface area (TPSA) is 55.3 Å². The Kier molecular flexibility index (Phi) is 2.59. The van der Waals surface area contributed by atoms with Gasteiger partial charge in [-0.15, -0.1) is 0 Å². The molecule has 0 atom stereocenters. The van der Waals surface area contributed by atoms with Crippen molar-refractivity contribution in [1.29, 1.82) is 0 Å². The summed E-state index contributed by atoms with van der Waals surface area (Å²) >= 11 is 0. The minimum atomic E-state index is 0.841. The zero-order valence-electron chi connectivity index (χ0n) is 10.7. The third kappa shape index (κ3) is 1.88. The van der Waals surface area contributed by atoms with Gasteiger partial charge in [0.15, 0.2) is 0 Å². The average Bonchev–Trinajstić information content (AvgIpc) is 2.86. The summed E-state index contributed by atoms with van der Waals surface area (Å²) in [6.07, 6.45) is 0. The van der Waals surface area contributed by atoms with Crippen molar-refractivity contribution in [3.05, 3.63) is 46.3 Å². The Balaban J connectivity index is 1.79. The first kappa shape index (κ1) is 11.3. The van der Waals surface area contributed by atoms with Crippen LogP contribution in [-0.2, 0) is 19.6 Å². The molecule has 0 aliphatic carbocycles. The molecule has 18 heavy (non-hydrogen) atoms. The zero-order chi connectivity index (χ0) is 12.7. The van der Waals surface area contributed by atoms with E-state index in [9.17, 15) is 0 Å². The predicted octanol–water partition coefficient (Wildman–Crippen LogP) is 2.39. The molecule has 0 amide bonds. The van der Waals surface area contributed by atoms with E-state index in [4.69, 9.17) is 10.3 Å². The Morgan fingerprint density at radius 2 is 2.06 bits per heavy atom. The first-order valence-electron chi connectivity index (χ1n) is 6.15. The Labute approximate surface area is 106 Å². The van der Waals surface area contributed by atoms with Gasteiger partial charge < -0.3 is 10.3 Å². The third-order valence-corrected chi connectivity index (χ3v) is 3.58. The minimum absolute atomic E-state index is 0.841. The van der Waals surface area contributed by atoms with Crippen LogP contribution in [0.25, 0.3) is 0 Å². The molecule has 1 aliphatic rings. The molecule has 0 radical (unpaired) electrons. The van der Waals surface area contributed by atoms with Gasteiger partial charge in [-0.2, -0.15) is 0 Å². The molecular formula is C14H17N3O. The molecule has 2 N–H and O–H groups in total. The Bertz CT molecular complexity index is 569. The number of hydrogen-bond acceptors (Lipinski definition) is 4. The van der Waals surface area contributed by atoms with Crippen molar-refractivity contribution in [3.8, 4) is 0 Å².